The van der Waals surface area contributed by atoms with Gasteiger partial charge in [0.1, 0.15) is 0 Å². The minimum atomic E-state index is -0.0939. The van der Waals surface area contributed by atoms with Crippen LogP contribution in [0.1, 0.15) is 32.5 Å². The molecule has 0 amide bonds. The van der Waals surface area contributed by atoms with Gasteiger partial charge < -0.3 is 15.0 Å². The lowest BCUT2D eigenvalue weighted by molar-refractivity contribution is 0.176. The van der Waals surface area contributed by atoms with Crippen LogP contribution in [-0.2, 0) is 16.9 Å². The molecule has 6 heteroatoms. The number of aromatic nitrogens is 2. The minimum Gasteiger partial charge on any atom is -0.383 e. The first-order valence-electron chi connectivity index (χ1n) is 5.60. The molecule has 1 rings (SSSR count). The van der Waals surface area contributed by atoms with Crippen LogP contribution >= 0.6 is 11.8 Å². The fourth-order valence-corrected chi connectivity index (χ4v) is 1.89. The molecule has 0 aliphatic carbocycles. The lowest BCUT2D eigenvalue weighted by Gasteiger charge is -2.15. The van der Waals surface area contributed by atoms with Crippen molar-refractivity contribution < 1.29 is 9.26 Å². The van der Waals surface area contributed by atoms with E-state index >= 15 is 0 Å². The van der Waals surface area contributed by atoms with Crippen molar-refractivity contribution in [2.24, 2.45) is 5.73 Å². The zero-order chi connectivity index (χ0) is 12.9. The fraction of sp³-hybridized carbons (Fsp3) is 0.818. The SMILES string of the molecule is COCC(N)Cc1nc(CSC(C)(C)C)no1. The summed E-state index contributed by atoms with van der Waals surface area (Å²) in [6, 6.07) is -0.0939. The van der Waals surface area contributed by atoms with Crippen LogP contribution in [0.15, 0.2) is 4.52 Å². The molecule has 0 bridgehead atoms. The molecule has 1 unspecified atom stereocenters. The van der Waals surface area contributed by atoms with Gasteiger partial charge in [-0.1, -0.05) is 25.9 Å². The molecule has 0 fully saturated rings. The van der Waals surface area contributed by atoms with Crippen LogP contribution in [0.2, 0.25) is 0 Å². The lowest BCUT2D eigenvalue weighted by Crippen LogP contribution is -2.28. The third kappa shape index (κ3) is 6.05. The minimum absolute atomic E-state index is 0.0939. The Morgan fingerprint density at radius 2 is 2.18 bits per heavy atom. The van der Waals surface area contributed by atoms with Gasteiger partial charge in [0.25, 0.3) is 0 Å². The number of hydrogen-bond donors (Lipinski definition) is 1. The van der Waals surface area contributed by atoms with Crippen molar-refractivity contribution in [1.82, 2.24) is 10.1 Å². The number of hydrogen-bond acceptors (Lipinski definition) is 6. The van der Waals surface area contributed by atoms with Gasteiger partial charge in [-0.25, -0.2) is 0 Å². The van der Waals surface area contributed by atoms with Crippen molar-refractivity contribution in [3.8, 4) is 0 Å². The number of ether oxygens (including phenoxy) is 1. The van der Waals surface area contributed by atoms with Gasteiger partial charge in [-0.2, -0.15) is 4.98 Å². The Balaban J connectivity index is 2.42. The highest BCUT2D eigenvalue weighted by atomic mass is 32.2. The zero-order valence-electron chi connectivity index (χ0n) is 10.9. The van der Waals surface area contributed by atoms with E-state index in [-0.39, 0.29) is 10.8 Å². The molecule has 0 aromatic carbocycles. The molecule has 2 N–H and O–H groups in total. The second-order valence-electron chi connectivity index (χ2n) is 4.92. The summed E-state index contributed by atoms with van der Waals surface area (Å²) < 4.78 is 10.3. The summed E-state index contributed by atoms with van der Waals surface area (Å²) in [5.74, 6) is 2.07. The van der Waals surface area contributed by atoms with Crippen LogP contribution in [0.5, 0.6) is 0 Å². The maximum absolute atomic E-state index is 5.81. The third-order valence-electron chi connectivity index (χ3n) is 1.96. The van der Waals surface area contributed by atoms with E-state index in [1.807, 2.05) is 0 Å². The van der Waals surface area contributed by atoms with Crippen molar-refractivity contribution in [2.45, 2.75) is 43.7 Å². The van der Waals surface area contributed by atoms with Crippen molar-refractivity contribution in [2.75, 3.05) is 13.7 Å². The predicted molar refractivity (Wildman–Crippen MR) is 68.9 cm³/mol. The normalized spacial score (nSPS) is 13.9. The van der Waals surface area contributed by atoms with Crippen molar-refractivity contribution in [3.05, 3.63) is 11.7 Å². The van der Waals surface area contributed by atoms with E-state index in [0.29, 0.717) is 18.9 Å². The smallest absolute Gasteiger partial charge is 0.228 e. The quantitative estimate of drug-likeness (QED) is 0.836. The lowest BCUT2D eigenvalue weighted by atomic mass is 10.2. The van der Waals surface area contributed by atoms with E-state index in [9.17, 15) is 0 Å². The largest absolute Gasteiger partial charge is 0.383 e. The van der Waals surface area contributed by atoms with Gasteiger partial charge in [0, 0.05) is 24.3 Å². The average Bonchev–Trinajstić information content (AvgIpc) is 2.62. The first-order valence-corrected chi connectivity index (χ1v) is 6.59. The van der Waals surface area contributed by atoms with Gasteiger partial charge >= 0.3 is 0 Å². The van der Waals surface area contributed by atoms with E-state index in [1.54, 1.807) is 18.9 Å². The zero-order valence-corrected chi connectivity index (χ0v) is 11.7. The van der Waals surface area contributed by atoms with E-state index in [4.69, 9.17) is 15.0 Å². The van der Waals surface area contributed by atoms with Crippen molar-refractivity contribution in [3.63, 3.8) is 0 Å². The Kier molecular flexibility index (Phi) is 5.42. The molecule has 1 atom stereocenters. The summed E-state index contributed by atoms with van der Waals surface area (Å²) in [6.45, 7) is 6.97. The van der Waals surface area contributed by atoms with Gasteiger partial charge in [0.2, 0.25) is 5.89 Å². The number of methoxy groups -OCH3 is 1. The molecule has 0 saturated heterocycles. The van der Waals surface area contributed by atoms with Gasteiger partial charge in [0.15, 0.2) is 5.82 Å². The fourth-order valence-electron chi connectivity index (χ4n) is 1.21. The average molecular weight is 259 g/mol. The van der Waals surface area contributed by atoms with Gasteiger partial charge in [-0.3, -0.25) is 0 Å². The summed E-state index contributed by atoms with van der Waals surface area (Å²) >= 11 is 1.79. The molecular weight excluding hydrogens is 238 g/mol. The first-order chi connectivity index (χ1) is 7.90. The molecule has 0 spiro atoms. The van der Waals surface area contributed by atoms with E-state index < -0.39 is 0 Å². The highest BCUT2D eigenvalue weighted by Crippen LogP contribution is 2.26. The Hall–Kier alpha value is -0.590. The first kappa shape index (κ1) is 14.5. The highest BCUT2D eigenvalue weighted by molar-refractivity contribution is 7.99. The summed E-state index contributed by atoms with van der Waals surface area (Å²) in [4.78, 5) is 4.30. The number of nitrogens with two attached hydrogens (primary N) is 1. The Morgan fingerprint density at radius 3 is 2.76 bits per heavy atom. The van der Waals surface area contributed by atoms with E-state index in [2.05, 4.69) is 30.9 Å². The molecule has 17 heavy (non-hydrogen) atoms. The molecule has 1 aromatic rings. The number of thioether (sulfide) groups is 1. The summed E-state index contributed by atoms with van der Waals surface area (Å²) in [6.07, 6.45) is 0.557. The Morgan fingerprint density at radius 1 is 1.47 bits per heavy atom. The molecule has 0 saturated carbocycles. The summed E-state index contributed by atoms with van der Waals surface area (Å²) in [5, 5.41) is 3.93. The monoisotopic (exact) mass is 259 g/mol. The maximum Gasteiger partial charge on any atom is 0.228 e. The molecule has 98 valence electrons. The Bertz CT molecular complexity index is 336. The maximum atomic E-state index is 5.81. The van der Waals surface area contributed by atoms with Crippen LogP contribution in [0.25, 0.3) is 0 Å². The molecule has 0 radical (unpaired) electrons. The molecule has 1 heterocycles. The van der Waals surface area contributed by atoms with Crippen LogP contribution in [0, 0.1) is 0 Å². The topological polar surface area (TPSA) is 74.2 Å². The van der Waals surface area contributed by atoms with E-state index in [0.717, 1.165) is 11.6 Å². The summed E-state index contributed by atoms with van der Waals surface area (Å²) in [7, 11) is 1.62. The predicted octanol–water partition coefficient (Wildman–Crippen LogP) is 1.62. The molecule has 5 nitrogen and oxygen atoms in total. The highest BCUT2D eigenvalue weighted by Gasteiger charge is 2.15. The van der Waals surface area contributed by atoms with Crippen LogP contribution < -0.4 is 5.73 Å². The molecular formula is C11H21N3O2S. The van der Waals surface area contributed by atoms with Crippen molar-refractivity contribution in [1.29, 1.82) is 0 Å². The van der Waals surface area contributed by atoms with Gasteiger partial charge in [-0.15, -0.1) is 11.8 Å². The standard InChI is InChI=1S/C11H21N3O2S/c1-11(2,3)17-7-9-13-10(16-14-9)5-8(12)6-15-4/h8H,5-7,12H2,1-4H3. The van der Waals surface area contributed by atoms with Crippen LogP contribution in [-0.4, -0.2) is 34.6 Å². The van der Waals surface area contributed by atoms with Gasteiger partial charge in [0.05, 0.1) is 12.4 Å². The third-order valence-corrected chi connectivity index (χ3v) is 3.23. The summed E-state index contributed by atoms with van der Waals surface area (Å²) in [5.41, 5.74) is 5.81. The molecule has 1 aromatic heterocycles. The van der Waals surface area contributed by atoms with Crippen molar-refractivity contribution >= 4 is 11.8 Å². The van der Waals surface area contributed by atoms with E-state index in [1.165, 1.54) is 0 Å². The Labute approximate surface area is 106 Å². The van der Waals surface area contributed by atoms with Gasteiger partial charge in [-0.05, 0) is 0 Å². The van der Waals surface area contributed by atoms with Crippen LogP contribution in [0.3, 0.4) is 0 Å². The van der Waals surface area contributed by atoms with Crippen LogP contribution in [0.4, 0.5) is 0 Å². The molecule has 0 aliphatic rings. The second kappa shape index (κ2) is 6.37. The molecule has 0 aliphatic heterocycles. The number of rotatable bonds is 6. The number of nitrogens with zero attached hydrogens (tertiary/aromatic N) is 2. The second-order valence-corrected chi connectivity index (χ2v) is 6.73.